The van der Waals surface area contributed by atoms with Crippen molar-refractivity contribution in [3.8, 4) is 11.4 Å². The van der Waals surface area contributed by atoms with E-state index in [1.165, 1.54) is 11.0 Å². The Morgan fingerprint density at radius 1 is 1.31 bits per heavy atom. The van der Waals surface area contributed by atoms with Crippen LogP contribution in [0.5, 0.6) is 0 Å². The normalized spacial score (nSPS) is 10.7. The number of nitrogens with zero attached hydrogens (tertiary/aromatic N) is 3. The van der Waals surface area contributed by atoms with Gasteiger partial charge in [0.25, 0.3) is 5.56 Å². The Hall–Kier alpha value is -3.75. The van der Waals surface area contributed by atoms with Gasteiger partial charge in [-0.2, -0.15) is 0 Å². The number of H-pyrrole nitrogens is 1. The van der Waals surface area contributed by atoms with Gasteiger partial charge in [-0.15, -0.1) is 0 Å². The molecule has 0 saturated heterocycles. The molecule has 3 heterocycles. The number of carboxylic acid groups (broad SMARTS) is 1. The number of aromatic carboxylic acids is 1. The fourth-order valence-corrected chi connectivity index (χ4v) is 2.90. The first-order chi connectivity index (χ1) is 13.8. The second-order valence-electron chi connectivity index (χ2n) is 6.63. The minimum absolute atomic E-state index is 0.0586. The molecule has 0 fully saturated rings. The molecule has 9 nitrogen and oxygen atoms in total. The summed E-state index contributed by atoms with van der Waals surface area (Å²) in [7, 11) is 1.56. The van der Waals surface area contributed by atoms with Gasteiger partial charge in [-0.1, -0.05) is 0 Å². The van der Waals surface area contributed by atoms with Crippen molar-refractivity contribution in [2.75, 3.05) is 7.05 Å². The van der Waals surface area contributed by atoms with Gasteiger partial charge in [0.15, 0.2) is 0 Å². The number of carbonyl (C=O) groups is 2. The van der Waals surface area contributed by atoms with E-state index in [9.17, 15) is 14.4 Å². The van der Waals surface area contributed by atoms with Crippen LogP contribution >= 0.6 is 0 Å². The van der Waals surface area contributed by atoms with Gasteiger partial charge >= 0.3 is 5.97 Å². The maximum Gasteiger partial charge on any atom is 0.339 e. The highest BCUT2D eigenvalue weighted by molar-refractivity contribution is 5.88. The lowest BCUT2D eigenvalue weighted by atomic mass is 10.1. The van der Waals surface area contributed by atoms with Crippen molar-refractivity contribution in [3.63, 3.8) is 0 Å². The molecule has 2 N–H and O–H groups in total. The smallest absolute Gasteiger partial charge is 0.339 e. The Morgan fingerprint density at radius 2 is 2.07 bits per heavy atom. The van der Waals surface area contributed by atoms with Crippen LogP contribution in [0.15, 0.2) is 39.8 Å². The number of pyridine rings is 1. The first kappa shape index (κ1) is 20.0. The van der Waals surface area contributed by atoms with Gasteiger partial charge in [0.1, 0.15) is 22.9 Å². The summed E-state index contributed by atoms with van der Waals surface area (Å²) in [5.41, 5.74) is 1.07. The van der Waals surface area contributed by atoms with Gasteiger partial charge in [0.2, 0.25) is 5.91 Å². The van der Waals surface area contributed by atoms with Gasteiger partial charge in [-0.05, 0) is 32.0 Å². The molecule has 1 amide bonds. The van der Waals surface area contributed by atoms with E-state index in [4.69, 9.17) is 9.52 Å². The summed E-state index contributed by atoms with van der Waals surface area (Å²) >= 11 is 0. The molecule has 3 aromatic rings. The minimum atomic E-state index is -1.09. The van der Waals surface area contributed by atoms with Crippen molar-refractivity contribution in [1.29, 1.82) is 0 Å². The summed E-state index contributed by atoms with van der Waals surface area (Å²) in [6, 6.07) is 4.91. The second-order valence-corrected chi connectivity index (χ2v) is 6.63. The van der Waals surface area contributed by atoms with Crippen molar-refractivity contribution in [2.45, 2.75) is 26.8 Å². The third kappa shape index (κ3) is 4.40. The average Bonchev–Trinajstić information content (AvgIpc) is 3.05. The van der Waals surface area contributed by atoms with Crippen LogP contribution in [0.3, 0.4) is 0 Å². The summed E-state index contributed by atoms with van der Waals surface area (Å²) in [4.78, 5) is 48.6. The number of aryl methyl sites for hydroxylation is 2. The molecule has 0 aliphatic rings. The van der Waals surface area contributed by atoms with Crippen molar-refractivity contribution in [1.82, 2.24) is 19.9 Å². The number of carboxylic acids is 1. The maximum absolute atomic E-state index is 12.6. The quantitative estimate of drug-likeness (QED) is 0.651. The van der Waals surface area contributed by atoms with Gasteiger partial charge in [-0.25, -0.2) is 9.78 Å². The highest BCUT2D eigenvalue weighted by Gasteiger charge is 2.19. The number of rotatable bonds is 6. The standard InChI is InChI=1S/C20H20N4O5/c1-11-15(19(26)23-18(22-11)13-5-4-6-21-9-13)8-17(25)24(3)10-14-7-16(20(27)28)12(2)29-14/h4-7,9H,8,10H2,1-3H3,(H,27,28)(H,22,23,26). The molecule has 0 aromatic carbocycles. The highest BCUT2D eigenvalue weighted by atomic mass is 16.4. The molecule has 0 bridgehead atoms. The predicted octanol–water partition coefficient (Wildman–Crippen LogP) is 1.94. The topological polar surface area (TPSA) is 129 Å². The number of likely N-dealkylation sites (N-methyl/N-ethyl adjacent to an activating group) is 1. The molecular formula is C20H20N4O5. The molecule has 0 atom stereocenters. The number of aromatic amines is 1. The number of nitrogens with one attached hydrogen (secondary N) is 1. The second kappa shape index (κ2) is 8.09. The van der Waals surface area contributed by atoms with Crippen molar-refractivity contribution in [2.24, 2.45) is 0 Å². The first-order valence-corrected chi connectivity index (χ1v) is 8.83. The maximum atomic E-state index is 12.6. The Bertz CT molecular complexity index is 1120. The number of hydrogen-bond donors (Lipinski definition) is 2. The lowest BCUT2D eigenvalue weighted by molar-refractivity contribution is -0.129. The number of furan rings is 1. The zero-order valence-corrected chi connectivity index (χ0v) is 16.2. The van der Waals surface area contributed by atoms with Crippen molar-refractivity contribution >= 4 is 11.9 Å². The van der Waals surface area contributed by atoms with E-state index in [1.54, 1.807) is 45.4 Å². The minimum Gasteiger partial charge on any atom is -0.478 e. The largest absolute Gasteiger partial charge is 0.478 e. The van der Waals surface area contributed by atoms with Crippen LogP contribution in [0.25, 0.3) is 11.4 Å². The monoisotopic (exact) mass is 396 g/mol. The van der Waals surface area contributed by atoms with E-state index in [1.807, 2.05) is 0 Å². The van der Waals surface area contributed by atoms with Gasteiger partial charge < -0.3 is 19.4 Å². The number of carbonyl (C=O) groups excluding carboxylic acids is 1. The van der Waals surface area contributed by atoms with Crippen molar-refractivity contribution in [3.05, 3.63) is 69.3 Å². The van der Waals surface area contributed by atoms with Gasteiger partial charge in [0, 0.05) is 36.3 Å². The van der Waals surface area contributed by atoms with E-state index in [2.05, 4.69) is 15.0 Å². The Balaban J connectivity index is 1.75. The average molecular weight is 396 g/mol. The molecule has 0 aliphatic heterocycles. The fourth-order valence-electron chi connectivity index (χ4n) is 2.90. The summed E-state index contributed by atoms with van der Waals surface area (Å²) in [6.45, 7) is 3.31. The van der Waals surface area contributed by atoms with Crippen LogP contribution in [0.4, 0.5) is 0 Å². The van der Waals surface area contributed by atoms with E-state index in [-0.39, 0.29) is 41.3 Å². The zero-order valence-electron chi connectivity index (χ0n) is 16.2. The fraction of sp³-hybridized carbons (Fsp3) is 0.250. The number of hydrogen-bond acceptors (Lipinski definition) is 6. The zero-order chi connectivity index (χ0) is 21.1. The van der Waals surface area contributed by atoms with Crippen LogP contribution in [-0.2, 0) is 17.8 Å². The molecule has 3 aromatic heterocycles. The van der Waals surface area contributed by atoms with E-state index >= 15 is 0 Å². The van der Waals surface area contributed by atoms with Crippen LogP contribution in [0.2, 0.25) is 0 Å². The molecule has 0 aliphatic carbocycles. The highest BCUT2D eigenvalue weighted by Crippen LogP contribution is 2.17. The van der Waals surface area contributed by atoms with E-state index in [0.29, 0.717) is 22.8 Å². The summed E-state index contributed by atoms with van der Waals surface area (Å²) in [6.07, 6.45) is 3.08. The molecule has 0 radical (unpaired) electrons. The third-order valence-electron chi connectivity index (χ3n) is 4.50. The molecule has 29 heavy (non-hydrogen) atoms. The first-order valence-electron chi connectivity index (χ1n) is 8.83. The summed E-state index contributed by atoms with van der Waals surface area (Å²) in [5, 5.41) is 9.09. The summed E-state index contributed by atoms with van der Waals surface area (Å²) < 4.78 is 5.40. The van der Waals surface area contributed by atoms with Crippen LogP contribution < -0.4 is 5.56 Å². The molecule has 0 spiro atoms. The molecule has 9 heteroatoms. The number of amides is 1. The molecule has 0 unspecified atom stereocenters. The van der Waals surface area contributed by atoms with Gasteiger partial charge in [-0.3, -0.25) is 14.6 Å². The van der Waals surface area contributed by atoms with Crippen molar-refractivity contribution < 1.29 is 19.1 Å². The molecule has 0 saturated carbocycles. The molecular weight excluding hydrogens is 376 g/mol. The molecule has 150 valence electrons. The number of aromatic nitrogens is 3. The predicted molar refractivity (Wildman–Crippen MR) is 103 cm³/mol. The third-order valence-corrected chi connectivity index (χ3v) is 4.50. The van der Waals surface area contributed by atoms with Crippen LogP contribution in [0.1, 0.15) is 33.1 Å². The van der Waals surface area contributed by atoms with Crippen LogP contribution in [0, 0.1) is 13.8 Å². The SMILES string of the molecule is Cc1nc(-c2cccnc2)[nH]c(=O)c1CC(=O)N(C)Cc1cc(C(=O)O)c(C)o1. The lowest BCUT2D eigenvalue weighted by Gasteiger charge is -2.16. The molecule has 3 rings (SSSR count). The van der Waals surface area contributed by atoms with Crippen LogP contribution in [-0.4, -0.2) is 43.9 Å². The van der Waals surface area contributed by atoms with E-state index in [0.717, 1.165) is 0 Å². The Labute approximate surface area is 166 Å². The summed E-state index contributed by atoms with van der Waals surface area (Å²) in [5.74, 6) is -0.395. The van der Waals surface area contributed by atoms with E-state index < -0.39 is 5.97 Å². The lowest BCUT2D eigenvalue weighted by Crippen LogP contribution is -2.30. The Kier molecular flexibility index (Phi) is 5.58. The van der Waals surface area contributed by atoms with Gasteiger partial charge in [0.05, 0.1) is 13.0 Å². The Morgan fingerprint density at radius 3 is 2.66 bits per heavy atom.